The van der Waals surface area contributed by atoms with Crippen molar-refractivity contribution < 1.29 is 14.4 Å². The van der Waals surface area contributed by atoms with Crippen LogP contribution in [0.3, 0.4) is 0 Å². The fourth-order valence-electron chi connectivity index (χ4n) is 1.78. The molecule has 1 fully saturated rings. The molecule has 0 aliphatic carbocycles. The highest BCUT2D eigenvalue weighted by molar-refractivity contribution is 4.98. The highest BCUT2D eigenvalue weighted by Crippen LogP contribution is 2.23. The van der Waals surface area contributed by atoms with Crippen molar-refractivity contribution in [3.8, 4) is 0 Å². The zero-order valence-corrected chi connectivity index (χ0v) is 9.51. The van der Waals surface area contributed by atoms with Gasteiger partial charge in [0.25, 0.3) is 0 Å². The van der Waals surface area contributed by atoms with E-state index in [0.29, 0.717) is 31.3 Å². The Kier molecular flexibility index (Phi) is 3.52. The van der Waals surface area contributed by atoms with E-state index in [9.17, 15) is 5.11 Å². The van der Waals surface area contributed by atoms with Crippen LogP contribution in [-0.2, 0) is 4.74 Å². The lowest BCUT2D eigenvalue weighted by Crippen LogP contribution is -2.15. The van der Waals surface area contributed by atoms with Gasteiger partial charge >= 0.3 is 0 Å². The summed E-state index contributed by atoms with van der Waals surface area (Å²) in [5, 5.41) is 16.4. The highest BCUT2D eigenvalue weighted by Gasteiger charge is 2.28. The van der Waals surface area contributed by atoms with E-state index in [1.165, 1.54) is 0 Å². The molecule has 3 atom stereocenters. The topological polar surface area (TPSA) is 80.4 Å². The Hall–Kier alpha value is -0.980. The monoisotopic (exact) mass is 227 g/mol. The Bertz CT molecular complexity index is 342. The number of hydrogen-bond donors (Lipinski definition) is 2. The zero-order valence-electron chi connectivity index (χ0n) is 9.51. The summed E-state index contributed by atoms with van der Waals surface area (Å²) >= 11 is 0. The van der Waals surface area contributed by atoms with E-state index in [0.717, 1.165) is 0 Å². The number of rotatable bonds is 4. The maximum absolute atomic E-state index is 9.38. The molecule has 2 rings (SSSR count). The van der Waals surface area contributed by atoms with Crippen molar-refractivity contribution in [2.45, 2.75) is 38.5 Å². The van der Waals surface area contributed by atoms with Gasteiger partial charge in [-0.1, -0.05) is 5.16 Å². The molecule has 1 aromatic rings. The summed E-state index contributed by atoms with van der Waals surface area (Å²) in [5.41, 5.74) is 0. The summed E-state index contributed by atoms with van der Waals surface area (Å²) in [6.07, 6.45) is 0.128. The van der Waals surface area contributed by atoms with Gasteiger partial charge in [-0.2, -0.15) is 4.98 Å². The van der Waals surface area contributed by atoms with Crippen molar-refractivity contribution in [3.63, 3.8) is 0 Å². The minimum Gasteiger partial charge on any atom is -0.392 e. The van der Waals surface area contributed by atoms with Crippen molar-refractivity contribution >= 4 is 0 Å². The number of nitrogens with zero attached hydrogens (tertiary/aromatic N) is 2. The summed E-state index contributed by atoms with van der Waals surface area (Å²) in [5.74, 6) is 1.08. The van der Waals surface area contributed by atoms with Gasteiger partial charge in [0.1, 0.15) is 6.10 Å². The molecule has 6 heteroatoms. The Balaban J connectivity index is 2.01. The average molecular weight is 227 g/mol. The third-order valence-electron chi connectivity index (χ3n) is 2.64. The second-order valence-corrected chi connectivity index (χ2v) is 3.94. The van der Waals surface area contributed by atoms with Gasteiger partial charge in [0.05, 0.1) is 12.1 Å². The molecule has 1 unspecified atom stereocenters. The van der Waals surface area contributed by atoms with E-state index in [4.69, 9.17) is 9.26 Å². The number of nitrogens with one attached hydrogen (secondary N) is 1. The fourth-order valence-corrected chi connectivity index (χ4v) is 1.78. The minimum absolute atomic E-state index is 0.0370. The van der Waals surface area contributed by atoms with Crippen molar-refractivity contribution in [1.82, 2.24) is 15.5 Å². The zero-order chi connectivity index (χ0) is 11.5. The van der Waals surface area contributed by atoms with Crippen LogP contribution >= 0.6 is 0 Å². The molecule has 0 bridgehead atoms. The van der Waals surface area contributed by atoms with Gasteiger partial charge in [0.2, 0.25) is 5.89 Å². The summed E-state index contributed by atoms with van der Waals surface area (Å²) in [6.45, 7) is 5.00. The van der Waals surface area contributed by atoms with Crippen LogP contribution in [-0.4, -0.2) is 34.5 Å². The summed E-state index contributed by atoms with van der Waals surface area (Å²) in [7, 11) is 0. The first-order chi connectivity index (χ1) is 7.70. The Morgan fingerprint density at radius 2 is 2.50 bits per heavy atom. The van der Waals surface area contributed by atoms with E-state index in [-0.39, 0.29) is 18.2 Å². The van der Waals surface area contributed by atoms with Gasteiger partial charge in [-0.25, -0.2) is 0 Å². The SMILES string of the molecule is CCOC(C)c1noc([C@H]2C[C@@H](O)CN2)n1. The number of ether oxygens (including phenoxy) is 1. The lowest BCUT2D eigenvalue weighted by atomic mass is 10.2. The molecule has 0 aromatic carbocycles. The van der Waals surface area contributed by atoms with Crippen molar-refractivity contribution in [1.29, 1.82) is 0 Å². The predicted molar refractivity (Wildman–Crippen MR) is 55.7 cm³/mol. The number of aromatic nitrogens is 2. The van der Waals surface area contributed by atoms with E-state index in [1.807, 2.05) is 13.8 Å². The van der Waals surface area contributed by atoms with Gasteiger partial charge in [-0.05, 0) is 20.3 Å². The first kappa shape index (κ1) is 11.5. The minimum atomic E-state index is -0.329. The van der Waals surface area contributed by atoms with Crippen LogP contribution in [0.4, 0.5) is 0 Å². The summed E-state index contributed by atoms with van der Waals surface area (Å²) in [4.78, 5) is 4.27. The van der Waals surface area contributed by atoms with Gasteiger partial charge in [-0.3, -0.25) is 0 Å². The van der Waals surface area contributed by atoms with Crippen molar-refractivity contribution in [2.24, 2.45) is 0 Å². The lowest BCUT2D eigenvalue weighted by Gasteiger charge is -2.05. The molecule has 0 saturated carbocycles. The quantitative estimate of drug-likeness (QED) is 0.782. The first-order valence-electron chi connectivity index (χ1n) is 5.57. The van der Waals surface area contributed by atoms with E-state index >= 15 is 0 Å². The fraction of sp³-hybridized carbons (Fsp3) is 0.800. The van der Waals surface area contributed by atoms with E-state index in [1.54, 1.807) is 0 Å². The maximum atomic E-state index is 9.38. The summed E-state index contributed by atoms with van der Waals surface area (Å²) in [6, 6.07) is -0.0370. The van der Waals surface area contributed by atoms with E-state index in [2.05, 4.69) is 15.5 Å². The molecule has 0 amide bonds. The Labute approximate surface area is 94.0 Å². The highest BCUT2D eigenvalue weighted by atomic mass is 16.5. The van der Waals surface area contributed by atoms with Crippen LogP contribution in [0.15, 0.2) is 4.52 Å². The standard InChI is InChI=1S/C10H17N3O3/c1-3-15-6(2)9-12-10(16-13-9)8-4-7(14)5-11-8/h6-8,11,14H,3-5H2,1-2H3/t6?,7-,8-/m1/s1. The van der Waals surface area contributed by atoms with Gasteiger partial charge in [0, 0.05) is 13.2 Å². The number of β-amino-alcohol motifs (C(OH)–C–C–N with tert-alkyl or cyclic N) is 1. The molecular weight excluding hydrogens is 210 g/mol. The van der Waals surface area contributed by atoms with Crippen molar-refractivity contribution in [2.75, 3.05) is 13.2 Å². The second-order valence-electron chi connectivity index (χ2n) is 3.94. The molecule has 0 radical (unpaired) electrons. The molecular formula is C10H17N3O3. The number of hydrogen-bond acceptors (Lipinski definition) is 6. The normalized spacial score (nSPS) is 27.2. The van der Waals surface area contributed by atoms with E-state index < -0.39 is 0 Å². The van der Waals surface area contributed by atoms with Gasteiger partial charge in [0.15, 0.2) is 5.82 Å². The first-order valence-corrected chi connectivity index (χ1v) is 5.57. The molecule has 16 heavy (non-hydrogen) atoms. The summed E-state index contributed by atoms with van der Waals surface area (Å²) < 4.78 is 10.5. The molecule has 1 aliphatic rings. The van der Waals surface area contributed by atoms with Crippen LogP contribution in [0.1, 0.15) is 44.1 Å². The number of aliphatic hydroxyl groups excluding tert-OH is 1. The second kappa shape index (κ2) is 4.90. The van der Waals surface area contributed by atoms with Crippen LogP contribution in [0.2, 0.25) is 0 Å². The smallest absolute Gasteiger partial charge is 0.243 e. The Morgan fingerprint density at radius 1 is 1.69 bits per heavy atom. The largest absolute Gasteiger partial charge is 0.392 e. The predicted octanol–water partition coefficient (Wildman–Crippen LogP) is 0.562. The van der Waals surface area contributed by atoms with Gasteiger partial charge in [-0.15, -0.1) is 0 Å². The molecule has 90 valence electrons. The van der Waals surface area contributed by atoms with Crippen LogP contribution in [0, 0.1) is 0 Å². The van der Waals surface area contributed by atoms with Gasteiger partial charge < -0.3 is 19.7 Å². The molecule has 1 aliphatic heterocycles. The lowest BCUT2D eigenvalue weighted by molar-refractivity contribution is 0.0683. The van der Waals surface area contributed by atoms with Crippen LogP contribution < -0.4 is 5.32 Å². The number of aliphatic hydroxyl groups is 1. The molecule has 1 saturated heterocycles. The molecule has 6 nitrogen and oxygen atoms in total. The Morgan fingerprint density at radius 3 is 3.12 bits per heavy atom. The van der Waals surface area contributed by atoms with Crippen molar-refractivity contribution in [3.05, 3.63) is 11.7 Å². The molecule has 1 aromatic heterocycles. The molecule has 0 spiro atoms. The van der Waals surface area contributed by atoms with Crippen LogP contribution in [0.25, 0.3) is 0 Å². The third-order valence-corrected chi connectivity index (χ3v) is 2.64. The average Bonchev–Trinajstić information content (AvgIpc) is 2.85. The maximum Gasteiger partial charge on any atom is 0.243 e. The molecule has 2 N–H and O–H groups in total. The van der Waals surface area contributed by atoms with Crippen LogP contribution in [0.5, 0.6) is 0 Å². The third kappa shape index (κ3) is 2.40. The molecule has 2 heterocycles.